The second kappa shape index (κ2) is 5.85. The fourth-order valence-corrected chi connectivity index (χ4v) is 3.81. The summed E-state index contributed by atoms with van der Waals surface area (Å²) in [6.45, 7) is 1.82. The maximum absolute atomic E-state index is 12.8. The molecule has 1 aromatic carbocycles. The lowest BCUT2D eigenvalue weighted by Crippen LogP contribution is -2.40. The summed E-state index contributed by atoms with van der Waals surface area (Å²) in [6, 6.07) is 3.56. The largest absolute Gasteiger partial charge is 0.344 e. The zero-order chi connectivity index (χ0) is 15.0. The first-order chi connectivity index (χ1) is 10.1. The summed E-state index contributed by atoms with van der Waals surface area (Å²) >= 11 is 12.3. The maximum atomic E-state index is 12.8. The summed E-state index contributed by atoms with van der Waals surface area (Å²) < 4.78 is 0. The number of hydrogen-bond donors (Lipinski definition) is 0. The van der Waals surface area contributed by atoms with E-state index >= 15 is 0 Å². The number of rotatable bonds is 2. The number of anilines is 1. The number of amides is 2. The molecule has 0 aromatic heterocycles. The molecule has 2 aliphatic heterocycles. The van der Waals surface area contributed by atoms with Crippen LogP contribution < -0.4 is 4.90 Å². The highest BCUT2D eigenvalue weighted by Gasteiger charge is 2.34. The second-order valence-electron chi connectivity index (χ2n) is 5.57. The highest BCUT2D eigenvalue weighted by atomic mass is 35.5. The molecule has 4 nitrogen and oxygen atoms in total. The van der Waals surface area contributed by atoms with Crippen molar-refractivity contribution in [3.63, 3.8) is 0 Å². The third kappa shape index (κ3) is 2.74. The number of likely N-dealkylation sites (tertiary alicyclic amines) is 1. The van der Waals surface area contributed by atoms with Crippen molar-refractivity contribution in [2.45, 2.75) is 19.3 Å². The van der Waals surface area contributed by atoms with Gasteiger partial charge in [-0.25, -0.2) is 0 Å². The van der Waals surface area contributed by atoms with Gasteiger partial charge >= 0.3 is 0 Å². The Bertz CT molecular complexity index is 591. The zero-order valence-corrected chi connectivity index (χ0v) is 13.0. The Morgan fingerprint density at radius 3 is 2.81 bits per heavy atom. The fraction of sp³-hybridized carbons (Fsp3) is 0.467. The third-order valence-corrected chi connectivity index (χ3v) is 4.70. The first kappa shape index (κ1) is 14.7. The van der Waals surface area contributed by atoms with Gasteiger partial charge in [-0.05, 0) is 37.0 Å². The minimum atomic E-state index is -0.132. The molecule has 0 spiro atoms. The Labute approximate surface area is 133 Å². The van der Waals surface area contributed by atoms with Gasteiger partial charge in [-0.2, -0.15) is 0 Å². The zero-order valence-electron chi connectivity index (χ0n) is 11.5. The van der Waals surface area contributed by atoms with Crippen LogP contribution >= 0.6 is 23.2 Å². The molecule has 0 bridgehead atoms. The molecule has 21 heavy (non-hydrogen) atoms. The van der Waals surface area contributed by atoms with Gasteiger partial charge in [0, 0.05) is 24.7 Å². The number of aryl methyl sites for hydroxylation is 1. The Balaban J connectivity index is 1.88. The summed E-state index contributed by atoms with van der Waals surface area (Å²) in [6.07, 6.45) is 3.31. The third-order valence-electron chi connectivity index (χ3n) is 4.19. The van der Waals surface area contributed by atoms with Crippen molar-refractivity contribution in [3.05, 3.63) is 27.7 Å². The Kier molecular flexibility index (Phi) is 4.09. The molecule has 1 saturated heterocycles. The lowest BCUT2D eigenvalue weighted by molar-refractivity contribution is -0.122. The second-order valence-corrected chi connectivity index (χ2v) is 6.42. The van der Waals surface area contributed by atoms with Crippen molar-refractivity contribution in [3.8, 4) is 0 Å². The van der Waals surface area contributed by atoms with Crippen LogP contribution in [0, 0.1) is 5.92 Å². The fourth-order valence-electron chi connectivity index (χ4n) is 3.18. The molecule has 2 heterocycles. The van der Waals surface area contributed by atoms with Gasteiger partial charge in [-0.3, -0.25) is 9.59 Å². The average Bonchev–Trinajstić information content (AvgIpc) is 2.94. The first-order valence-electron chi connectivity index (χ1n) is 7.09. The van der Waals surface area contributed by atoms with Crippen LogP contribution in [0.15, 0.2) is 12.1 Å². The quantitative estimate of drug-likeness (QED) is 0.784. The van der Waals surface area contributed by atoms with E-state index in [1.165, 1.54) is 0 Å². The molecule has 2 amide bonds. The summed E-state index contributed by atoms with van der Waals surface area (Å²) in [5.74, 6) is -0.0718. The molecule has 1 unspecified atom stereocenters. The number of carbonyl (C=O) groups is 2. The number of benzene rings is 1. The molecular formula is C15H16Cl2N2O2. The number of carbonyl (C=O) groups excluding carboxylic acids is 2. The van der Waals surface area contributed by atoms with Gasteiger partial charge < -0.3 is 9.80 Å². The van der Waals surface area contributed by atoms with E-state index < -0.39 is 0 Å². The minimum absolute atomic E-state index is 0.0597. The standard InChI is InChI=1S/C15H16Cl2N2O2/c16-12-6-10-2-1-4-19(14(10)13(17)7-12)15(21)11-3-5-18(8-11)9-20/h6-7,9,11H,1-5,8H2. The van der Waals surface area contributed by atoms with Gasteiger partial charge in [0.2, 0.25) is 12.3 Å². The van der Waals surface area contributed by atoms with Gasteiger partial charge in [0.15, 0.2) is 0 Å². The van der Waals surface area contributed by atoms with Crippen LogP contribution in [0.25, 0.3) is 0 Å². The van der Waals surface area contributed by atoms with E-state index in [0.717, 1.165) is 30.5 Å². The van der Waals surface area contributed by atoms with Gasteiger partial charge in [0.05, 0.1) is 16.6 Å². The summed E-state index contributed by atoms with van der Waals surface area (Å²) in [5, 5.41) is 1.12. The van der Waals surface area contributed by atoms with E-state index in [1.807, 2.05) is 6.07 Å². The summed E-state index contributed by atoms with van der Waals surface area (Å²) in [7, 11) is 0. The molecular weight excluding hydrogens is 311 g/mol. The normalized spacial score (nSPS) is 21.3. The molecule has 112 valence electrons. The predicted octanol–water partition coefficient (Wildman–Crippen LogP) is 2.75. The monoisotopic (exact) mass is 326 g/mol. The van der Waals surface area contributed by atoms with Crippen LogP contribution in [-0.2, 0) is 16.0 Å². The van der Waals surface area contributed by atoms with Crippen LogP contribution in [0.3, 0.4) is 0 Å². The molecule has 1 fully saturated rings. The van der Waals surface area contributed by atoms with E-state index in [-0.39, 0.29) is 11.8 Å². The number of hydrogen-bond acceptors (Lipinski definition) is 2. The number of fused-ring (bicyclic) bond motifs is 1. The molecule has 0 radical (unpaired) electrons. The highest BCUT2D eigenvalue weighted by molar-refractivity contribution is 6.37. The van der Waals surface area contributed by atoms with Crippen LogP contribution in [0.2, 0.25) is 10.0 Å². The summed E-state index contributed by atoms with van der Waals surface area (Å²) in [4.78, 5) is 27.0. The molecule has 1 atom stereocenters. The average molecular weight is 327 g/mol. The summed E-state index contributed by atoms with van der Waals surface area (Å²) in [5.41, 5.74) is 1.82. The topological polar surface area (TPSA) is 40.6 Å². The van der Waals surface area contributed by atoms with Crippen molar-refractivity contribution < 1.29 is 9.59 Å². The van der Waals surface area contributed by atoms with Crippen molar-refractivity contribution in [2.24, 2.45) is 5.92 Å². The Morgan fingerprint density at radius 1 is 1.29 bits per heavy atom. The maximum Gasteiger partial charge on any atom is 0.232 e. The molecule has 3 rings (SSSR count). The Morgan fingerprint density at radius 2 is 2.10 bits per heavy atom. The predicted molar refractivity (Wildman–Crippen MR) is 82.9 cm³/mol. The van der Waals surface area contributed by atoms with Crippen molar-refractivity contribution in [1.29, 1.82) is 0 Å². The van der Waals surface area contributed by atoms with Crippen LogP contribution in [0.5, 0.6) is 0 Å². The van der Waals surface area contributed by atoms with Crippen LogP contribution in [0.1, 0.15) is 18.4 Å². The van der Waals surface area contributed by atoms with E-state index in [4.69, 9.17) is 23.2 Å². The van der Waals surface area contributed by atoms with Gasteiger partial charge in [0.1, 0.15) is 0 Å². The van der Waals surface area contributed by atoms with E-state index in [2.05, 4.69) is 0 Å². The molecule has 0 N–H and O–H groups in total. The number of nitrogens with zero attached hydrogens (tertiary/aromatic N) is 2. The first-order valence-corrected chi connectivity index (χ1v) is 7.84. The van der Waals surface area contributed by atoms with Gasteiger partial charge in [-0.15, -0.1) is 0 Å². The van der Waals surface area contributed by atoms with Crippen molar-refractivity contribution in [1.82, 2.24) is 4.90 Å². The molecule has 1 aromatic rings. The highest BCUT2D eigenvalue weighted by Crippen LogP contribution is 2.38. The lowest BCUT2D eigenvalue weighted by atomic mass is 9.99. The molecule has 0 aliphatic carbocycles. The van der Waals surface area contributed by atoms with Crippen molar-refractivity contribution >= 4 is 41.2 Å². The van der Waals surface area contributed by atoms with E-state index in [9.17, 15) is 9.59 Å². The number of halogens is 2. The van der Waals surface area contributed by atoms with Gasteiger partial charge in [0.25, 0.3) is 0 Å². The van der Waals surface area contributed by atoms with E-state index in [1.54, 1.807) is 15.9 Å². The lowest BCUT2D eigenvalue weighted by Gasteiger charge is -2.32. The smallest absolute Gasteiger partial charge is 0.232 e. The molecule has 6 heteroatoms. The minimum Gasteiger partial charge on any atom is -0.344 e. The Hall–Kier alpha value is -1.26. The van der Waals surface area contributed by atoms with Crippen LogP contribution in [-0.4, -0.2) is 36.9 Å². The van der Waals surface area contributed by atoms with Crippen molar-refractivity contribution in [2.75, 3.05) is 24.5 Å². The van der Waals surface area contributed by atoms with E-state index in [0.29, 0.717) is 36.1 Å². The molecule has 0 saturated carbocycles. The SMILES string of the molecule is O=CN1CCC(C(=O)N2CCCc3cc(Cl)cc(Cl)c32)C1. The molecule has 2 aliphatic rings. The van der Waals surface area contributed by atoms with Gasteiger partial charge in [-0.1, -0.05) is 23.2 Å². The van der Waals surface area contributed by atoms with Crippen LogP contribution in [0.4, 0.5) is 5.69 Å².